The second kappa shape index (κ2) is 5.03. The summed E-state index contributed by atoms with van der Waals surface area (Å²) >= 11 is 6.99. The molecule has 7 heteroatoms. The van der Waals surface area contributed by atoms with E-state index in [0.29, 0.717) is 17.2 Å². The zero-order valence-electron chi connectivity index (χ0n) is 10.6. The number of nitrogens with zero attached hydrogens (tertiary/aromatic N) is 3. The number of piperazine rings is 1. The van der Waals surface area contributed by atoms with Gasteiger partial charge in [0.2, 0.25) is 0 Å². The molecular formula is C11H16ClN3O2S. The molecule has 0 amide bonds. The second-order valence-electron chi connectivity index (χ2n) is 4.69. The van der Waals surface area contributed by atoms with Crippen LogP contribution in [0.2, 0.25) is 5.15 Å². The molecule has 2 atom stereocenters. The molecule has 0 spiro atoms. The predicted octanol–water partition coefficient (Wildman–Crippen LogP) is 2.02. The Morgan fingerprint density at radius 1 is 1.44 bits per heavy atom. The zero-order valence-corrected chi connectivity index (χ0v) is 12.1. The van der Waals surface area contributed by atoms with Gasteiger partial charge in [0.25, 0.3) is 0 Å². The molecule has 0 aromatic carbocycles. The Morgan fingerprint density at radius 3 is 2.44 bits per heavy atom. The van der Waals surface area contributed by atoms with Gasteiger partial charge in [0, 0.05) is 25.2 Å². The first-order valence-corrected chi connectivity index (χ1v) is 6.96. The van der Waals surface area contributed by atoms with Gasteiger partial charge in [0.1, 0.15) is 0 Å². The highest BCUT2D eigenvalue weighted by Crippen LogP contribution is 2.31. The van der Waals surface area contributed by atoms with Gasteiger partial charge in [-0.1, -0.05) is 22.9 Å². The highest BCUT2D eigenvalue weighted by atomic mass is 35.5. The first-order chi connectivity index (χ1) is 8.40. The number of halogens is 1. The molecule has 2 rings (SSSR count). The normalized spacial score (nSPS) is 25.4. The van der Waals surface area contributed by atoms with Crippen molar-refractivity contribution in [2.75, 3.05) is 25.0 Å². The number of aromatic carboxylic acids is 1. The number of thiazole rings is 1. The average Bonchev–Trinajstić information content (AvgIpc) is 2.67. The van der Waals surface area contributed by atoms with Gasteiger partial charge < -0.3 is 10.0 Å². The zero-order chi connectivity index (χ0) is 13.4. The van der Waals surface area contributed by atoms with Gasteiger partial charge >= 0.3 is 5.97 Å². The summed E-state index contributed by atoms with van der Waals surface area (Å²) in [6.07, 6.45) is 0. The molecule has 5 nitrogen and oxygen atoms in total. The second-order valence-corrected chi connectivity index (χ2v) is 6.03. The minimum Gasteiger partial charge on any atom is -0.477 e. The topological polar surface area (TPSA) is 56.7 Å². The van der Waals surface area contributed by atoms with E-state index in [1.807, 2.05) is 0 Å². The van der Waals surface area contributed by atoms with E-state index in [0.717, 1.165) is 24.4 Å². The molecule has 1 fully saturated rings. The fourth-order valence-electron chi connectivity index (χ4n) is 2.12. The first-order valence-electron chi connectivity index (χ1n) is 5.76. The fourth-order valence-corrected chi connectivity index (χ4v) is 3.26. The predicted molar refractivity (Wildman–Crippen MR) is 73.0 cm³/mol. The van der Waals surface area contributed by atoms with Gasteiger partial charge in [-0.25, -0.2) is 9.78 Å². The van der Waals surface area contributed by atoms with Crippen LogP contribution in [0, 0.1) is 0 Å². The monoisotopic (exact) mass is 289 g/mol. The van der Waals surface area contributed by atoms with Gasteiger partial charge in [0.15, 0.2) is 15.2 Å². The Balaban J connectivity index is 2.22. The van der Waals surface area contributed by atoms with Crippen LogP contribution in [0.5, 0.6) is 0 Å². The number of aromatic nitrogens is 1. The molecule has 1 aromatic heterocycles. The Morgan fingerprint density at radius 2 is 2.00 bits per heavy atom. The summed E-state index contributed by atoms with van der Waals surface area (Å²) in [6, 6.07) is 0.814. The van der Waals surface area contributed by atoms with Crippen LogP contribution in [-0.2, 0) is 0 Å². The van der Waals surface area contributed by atoms with Crippen molar-refractivity contribution in [1.29, 1.82) is 0 Å². The molecule has 1 aliphatic heterocycles. The van der Waals surface area contributed by atoms with Crippen LogP contribution in [0.25, 0.3) is 0 Å². The Labute approximate surface area is 115 Å². The molecule has 1 saturated heterocycles. The van der Waals surface area contributed by atoms with Crippen molar-refractivity contribution in [2.45, 2.75) is 25.9 Å². The maximum absolute atomic E-state index is 11.0. The van der Waals surface area contributed by atoms with Crippen LogP contribution in [0.15, 0.2) is 0 Å². The number of carboxylic acid groups (broad SMARTS) is 1. The van der Waals surface area contributed by atoms with Gasteiger partial charge in [-0.15, -0.1) is 0 Å². The fraction of sp³-hybridized carbons (Fsp3) is 0.636. The smallest absolute Gasteiger partial charge is 0.349 e. The number of carbonyl (C=O) groups is 1. The van der Waals surface area contributed by atoms with Crippen molar-refractivity contribution in [2.24, 2.45) is 0 Å². The van der Waals surface area contributed by atoms with Crippen molar-refractivity contribution in [1.82, 2.24) is 9.88 Å². The Kier molecular flexibility index (Phi) is 3.79. The molecule has 0 aliphatic carbocycles. The number of rotatable bonds is 2. The van der Waals surface area contributed by atoms with Crippen LogP contribution < -0.4 is 4.90 Å². The minimum atomic E-state index is -1.01. The van der Waals surface area contributed by atoms with Crippen LogP contribution in [0.4, 0.5) is 5.13 Å². The number of hydrogen-bond donors (Lipinski definition) is 1. The van der Waals surface area contributed by atoms with Crippen LogP contribution in [0.3, 0.4) is 0 Å². The molecule has 18 heavy (non-hydrogen) atoms. The van der Waals surface area contributed by atoms with E-state index in [1.54, 1.807) is 0 Å². The van der Waals surface area contributed by atoms with Crippen molar-refractivity contribution < 1.29 is 9.90 Å². The lowest BCUT2D eigenvalue weighted by Crippen LogP contribution is -2.55. The summed E-state index contributed by atoms with van der Waals surface area (Å²) < 4.78 is 0. The van der Waals surface area contributed by atoms with Gasteiger partial charge in [0.05, 0.1) is 0 Å². The quantitative estimate of drug-likeness (QED) is 0.903. The number of likely N-dealkylation sites (N-methyl/N-ethyl adjacent to an activating group) is 1. The molecule has 1 aliphatic rings. The van der Waals surface area contributed by atoms with Crippen molar-refractivity contribution in [3.63, 3.8) is 0 Å². The molecular weight excluding hydrogens is 274 g/mol. The third kappa shape index (κ3) is 2.46. The molecule has 0 saturated carbocycles. The number of anilines is 1. The molecule has 2 heterocycles. The highest BCUT2D eigenvalue weighted by molar-refractivity contribution is 7.18. The van der Waals surface area contributed by atoms with Crippen LogP contribution in [0.1, 0.15) is 23.5 Å². The van der Waals surface area contributed by atoms with Crippen molar-refractivity contribution in [3.8, 4) is 0 Å². The van der Waals surface area contributed by atoms with E-state index in [9.17, 15) is 4.79 Å². The van der Waals surface area contributed by atoms with E-state index in [2.05, 4.69) is 35.7 Å². The molecule has 1 aromatic rings. The maximum atomic E-state index is 11.0. The standard InChI is InChI=1S/C11H16ClN3O2S/c1-6-4-15(5-7(2)14(6)3)11-13-9(12)8(18-11)10(16)17/h6-7H,4-5H2,1-3H3,(H,16,17). The van der Waals surface area contributed by atoms with Gasteiger partial charge in [-0.2, -0.15) is 0 Å². The summed E-state index contributed by atoms with van der Waals surface area (Å²) in [5.41, 5.74) is 0. The third-order valence-electron chi connectivity index (χ3n) is 3.40. The highest BCUT2D eigenvalue weighted by Gasteiger charge is 2.29. The molecule has 2 unspecified atom stereocenters. The third-order valence-corrected chi connectivity index (χ3v) is 4.89. The average molecular weight is 290 g/mol. The van der Waals surface area contributed by atoms with Gasteiger partial charge in [-0.3, -0.25) is 4.90 Å². The molecule has 1 N–H and O–H groups in total. The first kappa shape index (κ1) is 13.6. The van der Waals surface area contributed by atoms with E-state index in [4.69, 9.17) is 16.7 Å². The van der Waals surface area contributed by atoms with Crippen molar-refractivity contribution >= 4 is 34.0 Å². The lowest BCUT2D eigenvalue weighted by Gasteiger charge is -2.42. The molecule has 0 bridgehead atoms. The summed E-state index contributed by atoms with van der Waals surface area (Å²) in [6.45, 7) is 5.97. The lowest BCUT2D eigenvalue weighted by molar-refractivity contribution is 0.0702. The van der Waals surface area contributed by atoms with E-state index in [-0.39, 0.29) is 10.0 Å². The number of carboxylic acids is 1. The summed E-state index contributed by atoms with van der Waals surface area (Å²) in [5, 5.41) is 9.77. The maximum Gasteiger partial charge on any atom is 0.349 e. The number of hydrogen-bond acceptors (Lipinski definition) is 5. The Hall–Kier alpha value is -0.850. The summed E-state index contributed by atoms with van der Waals surface area (Å²) in [4.78, 5) is 19.7. The van der Waals surface area contributed by atoms with E-state index >= 15 is 0 Å². The Bertz CT molecular complexity index is 453. The van der Waals surface area contributed by atoms with Crippen LogP contribution in [-0.4, -0.2) is 53.2 Å². The summed E-state index contributed by atoms with van der Waals surface area (Å²) in [7, 11) is 2.10. The minimum absolute atomic E-state index is 0.0849. The molecule has 0 radical (unpaired) electrons. The SMILES string of the molecule is CC1CN(c2nc(Cl)c(C(=O)O)s2)CC(C)N1C. The molecule has 100 valence electrons. The largest absolute Gasteiger partial charge is 0.477 e. The summed E-state index contributed by atoms with van der Waals surface area (Å²) in [5.74, 6) is -1.01. The van der Waals surface area contributed by atoms with Gasteiger partial charge in [-0.05, 0) is 20.9 Å². The lowest BCUT2D eigenvalue weighted by atomic mass is 10.1. The van der Waals surface area contributed by atoms with Crippen LogP contribution >= 0.6 is 22.9 Å². The van der Waals surface area contributed by atoms with E-state index in [1.165, 1.54) is 0 Å². The van der Waals surface area contributed by atoms with E-state index < -0.39 is 5.97 Å². The van der Waals surface area contributed by atoms with Crippen molar-refractivity contribution in [3.05, 3.63) is 10.0 Å².